The zero-order valence-electron chi connectivity index (χ0n) is 16.8. The third-order valence-electron chi connectivity index (χ3n) is 6.21. The summed E-state index contributed by atoms with van der Waals surface area (Å²) in [5, 5.41) is 0. The van der Waals surface area contributed by atoms with Crippen LogP contribution in [0.2, 0.25) is 0 Å². The van der Waals surface area contributed by atoms with Crippen molar-refractivity contribution in [2.24, 2.45) is 0 Å². The standard InChI is InChI=1S/C23H24F3NO3/c1-29-20-6-5-16-7-10-27(15-17(16)13-20)21(28)22(8-11-30-12-9-22)18-3-2-4-19(14-18)23(24,25)26/h2-6,13-14H,7-12,15H2,1H3. The van der Waals surface area contributed by atoms with Gasteiger partial charge in [-0.15, -0.1) is 0 Å². The number of carbonyl (C=O) groups excluding carboxylic acids is 1. The number of ether oxygens (including phenoxy) is 2. The average Bonchev–Trinajstić information content (AvgIpc) is 2.77. The lowest BCUT2D eigenvalue weighted by atomic mass is 9.72. The summed E-state index contributed by atoms with van der Waals surface area (Å²) in [6.07, 6.45) is -3.00. The highest BCUT2D eigenvalue weighted by molar-refractivity contribution is 5.88. The van der Waals surface area contributed by atoms with E-state index in [9.17, 15) is 18.0 Å². The van der Waals surface area contributed by atoms with Gasteiger partial charge in [0, 0.05) is 26.3 Å². The van der Waals surface area contributed by atoms with Crippen LogP contribution in [0.25, 0.3) is 0 Å². The molecule has 0 radical (unpaired) electrons. The molecule has 2 aromatic rings. The Bertz CT molecular complexity index is 936. The number of alkyl halides is 3. The van der Waals surface area contributed by atoms with Crippen molar-refractivity contribution >= 4 is 5.91 Å². The molecule has 0 atom stereocenters. The molecule has 1 fully saturated rings. The monoisotopic (exact) mass is 419 g/mol. The largest absolute Gasteiger partial charge is 0.497 e. The van der Waals surface area contributed by atoms with Crippen LogP contribution >= 0.6 is 0 Å². The Labute approximate surface area is 173 Å². The maximum Gasteiger partial charge on any atom is 0.416 e. The highest BCUT2D eigenvalue weighted by Crippen LogP contribution is 2.40. The minimum absolute atomic E-state index is 0.126. The molecular weight excluding hydrogens is 395 g/mol. The first-order chi connectivity index (χ1) is 14.3. The number of hydrogen-bond donors (Lipinski definition) is 0. The molecule has 160 valence electrons. The van der Waals surface area contributed by atoms with E-state index in [0.29, 0.717) is 51.1 Å². The van der Waals surface area contributed by atoms with Crippen molar-refractivity contribution in [3.05, 3.63) is 64.7 Å². The lowest BCUT2D eigenvalue weighted by molar-refractivity contribution is -0.143. The normalized spacial score (nSPS) is 18.6. The van der Waals surface area contributed by atoms with Gasteiger partial charge >= 0.3 is 6.18 Å². The number of benzene rings is 2. The fourth-order valence-corrected chi connectivity index (χ4v) is 4.48. The SMILES string of the molecule is COc1ccc2c(c1)CN(C(=O)C1(c3cccc(C(F)(F)F)c3)CCOCC1)CC2. The summed E-state index contributed by atoms with van der Waals surface area (Å²) >= 11 is 0. The molecule has 0 saturated carbocycles. The highest BCUT2D eigenvalue weighted by Gasteiger charge is 2.45. The quantitative estimate of drug-likeness (QED) is 0.743. The van der Waals surface area contributed by atoms with Gasteiger partial charge in [-0.2, -0.15) is 13.2 Å². The van der Waals surface area contributed by atoms with Crippen LogP contribution in [-0.4, -0.2) is 37.7 Å². The first kappa shape index (κ1) is 20.7. The van der Waals surface area contributed by atoms with E-state index < -0.39 is 17.2 Å². The third kappa shape index (κ3) is 3.78. The van der Waals surface area contributed by atoms with Gasteiger partial charge in [-0.3, -0.25) is 4.79 Å². The summed E-state index contributed by atoms with van der Waals surface area (Å²) in [5.41, 5.74) is 0.866. The molecule has 2 heterocycles. The van der Waals surface area contributed by atoms with Gasteiger partial charge in [0.15, 0.2) is 0 Å². The lowest BCUT2D eigenvalue weighted by Gasteiger charge is -2.41. The van der Waals surface area contributed by atoms with Gasteiger partial charge < -0.3 is 14.4 Å². The molecule has 0 aromatic heterocycles. The molecule has 4 nitrogen and oxygen atoms in total. The van der Waals surface area contributed by atoms with Gasteiger partial charge in [-0.25, -0.2) is 0 Å². The Kier molecular flexibility index (Phi) is 5.49. The average molecular weight is 419 g/mol. The maximum absolute atomic E-state index is 13.8. The predicted octanol–water partition coefficient (Wildman–Crippen LogP) is 4.35. The highest BCUT2D eigenvalue weighted by atomic mass is 19.4. The van der Waals surface area contributed by atoms with Crippen molar-refractivity contribution in [2.45, 2.75) is 37.4 Å². The minimum atomic E-state index is -4.45. The molecule has 7 heteroatoms. The second-order valence-corrected chi connectivity index (χ2v) is 7.88. The van der Waals surface area contributed by atoms with E-state index in [4.69, 9.17) is 9.47 Å². The molecule has 0 spiro atoms. The van der Waals surface area contributed by atoms with Crippen LogP contribution < -0.4 is 4.74 Å². The Hall–Kier alpha value is -2.54. The lowest BCUT2D eigenvalue weighted by Crippen LogP contribution is -2.51. The van der Waals surface area contributed by atoms with E-state index in [1.54, 1.807) is 18.1 Å². The van der Waals surface area contributed by atoms with Gasteiger partial charge in [0.25, 0.3) is 0 Å². The van der Waals surface area contributed by atoms with E-state index in [1.165, 1.54) is 11.6 Å². The minimum Gasteiger partial charge on any atom is -0.497 e. The Morgan fingerprint density at radius 1 is 1.10 bits per heavy atom. The van der Waals surface area contributed by atoms with E-state index in [2.05, 4.69) is 0 Å². The van der Waals surface area contributed by atoms with Gasteiger partial charge in [-0.05, 0) is 54.2 Å². The van der Waals surface area contributed by atoms with Crippen LogP contribution in [-0.2, 0) is 34.1 Å². The van der Waals surface area contributed by atoms with Crippen molar-refractivity contribution in [1.29, 1.82) is 0 Å². The van der Waals surface area contributed by atoms with Crippen LogP contribution in [0, 0.1) is 0 Å². The van der Waals surface area contributed by atoms with Gasteiger partial charge in [0.1, 0.15) is 5.75 Å². The second kappa shape index (κ2) is 7.95. The Morgan fingerprint density at radius 2 is 1.87 bits per heavy atom. The van der Waals surface area contributed by atoms with Crippen LogP contribution in [0.15, 0.2) is 42.5 Å². The Morgan fingerprint density at radius 3 is 2.57 bits per heavy atom. The molecule has 0 unspecified atom stereocenters. The summed E-state index contributed by atoms with van der Waals surface area (Å²) < 4.78 is 50.7. The first-order valence-corrected chi connectivity index (χ1v) is 10.0. The predicted molar refractivity (Wildman–Crippen MR) is 105 cm³/mol. The molecule has 1 saturated heterocycles. The number of nitrogens with zero attached hydrogens (tertiary/aromatic N) is 1. The molecule has 2 aromatic carbocycles. The molecule has 0 aliphatic carbocycles. The number of hydrogen-bond acceptors (Lipinski definition) is 3. The molecule has 0 N–H and O–H groups in total. The zero-order valence-corrected chi connectivity index (χ0v) is 16.8. The van der Waals surface area contributed by atoms with Gasteiger partial charge in [-0.1, -0.05) is 24.3 Å². The molecular formula is C23H24F3NO3. The fraction of sp³-hybridized carbons (Fsp3) is 0.435. The molecule has 4 rings (SSSR count). The number of halogens is 3. The summed E-state index contributed by atoms with van der Waals surface area (Å²) in [6.45, 7) is 1.66. The molecule has 1 amide bonds. The Balaban J connectivity index is 1.68. The number of rotatable bonds is 3. The molecule has 0 bridgehead atoms. The van der Waals surface area contributed by atoms with Crippen molar-refractivity contribution in [3.8, 4) is 5.75 Å². The van der Waals surface area contributed by atoms with Gasteiger partial charge in [0.05, 0.1) is 18.1 Å². The van der Waals surface area contributed by atoms with E-state index >= 15 is 0 Å². The van der Waals surface area contributed by atoms with Gasteiger partial charge in [0.2, 0.25) is 5.91 Å². The van der Waals surface area contributed by atoms with Crippen LogP contribution in [0.3, 0.4) is 0 Å². The number of methoxy groups -OCH3 is 1. The topological polar surface area (TPSA) is 38.8 Å². The summed E-state index contributed by atoms with van der Waals surface area (Å²) in [4.78, 5) is 15.5. The van der Waals surface area contributed by atoms with Crippen molar-refractivity contribution < 1.29 is 27.4 Å². The van der Waals surface area contributed by atoms with Crippen molar-refractivity contribution in [3.63, 3.8) is 0 Å². The van der Waals surface area contributed by atoms with Crippen LogP contribution in [0.5, 0.6) is 5.75 Å². The van der Waals surface area contributed by atoms with Crippen molar-refractivity contribution in [2.75, 3.05) is 26.9 Å². The van der Waals surface area contributed by atoms with E-state index in [0.717, 1.165) is 23.4 Å². The molecule has 2 aliphatic rings. The maximum atomic E-state index is 13.8. The number of fused-ring (bicyclic) bond motifs is 1. The summed E-state index contributed by atoms with van der Waals surface area (Å²) in [6, 6.07) is 11.0. The second-order valence-electron chi connectivity index (χ2n) is 7.88. The number of carbonyl (C=O) groups is 1. The number of amides is 1. The molecule has 2 aliphatic heterocycles. The third-order valence-corrected chi connectivity index (χ3v) is 6.21. The van der Waals surface area contributed by atoms with Crippen LogP contribution in [0.4, 0.5) is 13.2 Å². The van der Waals surface area contributed by atoms with E-state index in [-0.39, 0.29) is 5.91 Å². The summed E-state index contributed by atoms with van der Waals surface area (Å²) in [5.74, 6) is 0.598. The van der Waals surface area contributed by atoms with E-state index in [1.807, 2.05) is 18.2 Å². The smallest absolute Gasteiger partial charge is 0.416 e. The zero-order chi connectivity index (χ0) is 21.4. The van der Waals surface area contributed by atoms with Crippen molar-refractivity contribution in [1.82, 2.24) is 4.90 Å². The van der Waals surface area contributed by atoms with Crippen LogP contribution in [0.1, 0.15) is 35.1 Å². The first-order valence-electron chi connectivity index (χ1n) is 10.0. The molecule has 30 heavy (non-hydrogen) atoms. The fourth-order valence-electron chi connectivity index (χ4n) is 4.48. The summed E-state index contributed by atoms with van der Waals surface area (Å²) in [7, 11) is 1.60.